The molecule has 0 amide bonds. The molecule has 3 N–H and O–H groups in total. The molecule has 1 rings (SSSR count). The summed E-state index contributed by atoms with van der Waals surface area (Å²) in [6.07, 6.45) is 0. The summed E-state index contributed by atoms with van der Waals surface area (Å²) in [6, 6.07) is 6.26. The molecular weight excluding hydrogens is 208 g/mol. The first-order valence-electron chi connectivity index (χ1n) is 4.76. The molecule has 0 heterocycles. The Kier molecular flexibility index (Phi) is 4.03. The fourth-order valence-corrected chi connectivity index (χ4v) is 2.20. The van der Waals surface area contributed by atoms with Gasteiger partial charge in [0.15, 0.2) is 5.84 Å². The second kappa shape index (κ2) is 5.07. The third-order valence-corrected chi connectivity index (χ3v) is 3.47. The highest BCUT2D eigenvalue weighted by Gasteiger charge is 2.10. The molecule has 0 aliphatic heterocycles. The summed E-state index contributed by atoms with van der Waals surface area (Å²) in [5.41, 5.74) is 7.99. The number of hydrogen-bond acceptors (Lipinski definition) is 3. The molecule has 0 saturated carbocycles. The summed E-state index contributed by atoms with van der Waals surface area (Å²) >= 11 is 1.60. The minimum atomic E-state index is -0.0172. The largest absolute Gasteiger partial charge is 0.409 e. The zero-order valence-electron chi connectivity index (χ0n) is 9.19. The normalized spacial score (nSPS) is 13.9. The molecule has 0 aliphatic rings. The Balaban J connectivity index is 2.81. The second-order valence-electron chi connectivity index (χ2n) is 3.55. The van der Waals surface area contributed by atoms with E-state index in [9.17, 15) is 0 Å². The number of rotatable bonds is 3. The van der Waals surface area contributed by atoms with Gasteiger partial charge in [-0.1, -0.05) is 22.9 Å². The van der Waals surface area contributed by atoms with E-state index in [1.807, 2.05) is 6.92 Å². The van der Waals surface area contributed by atoms with E-state index in [4.69, 9.17) is 10.9 Å². The molecule has 0 spiro atoms. The maximum atomic E-state index is 8.55. The van der Waals surface area contributed by atoms with Crippen LogP contribution < -0.4 is 5.73 Å². The van der Waals surface area contributed by atoms with Crippen LogP contribution >= 0.6 is 11.8 Å². The number of hydrogen-bond donors (Lipinski definition) is 2. The summed E-state index contributed by atoms with van der Waals surface area (Å²) in [5.74, 6) is 0.250. The van der Waals surface area contributed by atoms with Crippen LogP contribution in [0, 0.1) is 13.8 Å². The van der Waals surface area contributed by atoms with Crippen LogP contribution in [-0.4, -0.2) is 16.3 Å². The van der Waals surface area contributed by atoms with Gasteiger partial charge in [0.05, 0.1) is 5.25 Å². The van der Waals surface area contributed by atoms with E-state index in [1.165, 1.54) is 16.0 Å². The van der Waals surface area contributed by atoms with Crippen molar-refractivity contribution in [1.82, 2.24) is 0 Å². The van der Waals surface area contributed by atoms with E-state index in [2.05, 4.69) is 37.2 Å². The molecule has 1 aromatic carbocycles. The topological polar surface area (TPSA) is 58.6 Å². The number of oxime groups is 1. The summed E-state index contributed by atoms with van der Waals surface area (Å²) in [6.45, 7) is 6.04. The maximum Gasteiger partial charge on any atom is 0.152 e. The fourth-order valence-electron chi connectivity index (χ4n) is 1.26. The fraction of sp³-hybridized carbons (Fsp3) is 0.364. The quantitative estimate of drug-likeness (QED) is 0.273. The molecule has 0 saturated heterocycles. The van der Waals surface area contributed by atoms with Crippen LogP contribution in [0.1, 0.15) is 18.1 Å². The Labute approximate surface area is 94.4 Å². The highest BCUT2D eigenvalue weighted by atomic mass is 32.2. The van der Waals surface area contributed by atoms with E-state index in [-0.39, 0.29) is 11.1 Å². The third-order valence-electron chi connectivity index (χ3n) is 2.17. The molecule has 4 heteroatoms. The molecule has 15 heavy (non-hydrogen) atoms. The minimum absolute atomic E-state index is 0.0172. The Hall–Kier alpha value is -1.16. The van der Waals surface area contributed by atoms with Gasteiger partial charge < -0.3 is 10.9 Å². The number of nitrogens with two attached hydrogens (primary N) is 1. The first-order chi connectivity index (χ1) is 7.04. The van der Waals surface area contributed by atoms with Gasteiger partial charge in [0.1, 0.15) is 0 Å². The monoisotopic (exact) mass is 224 g/mol. The van der Waals surface area contributed by atoms with E-state index in [0.717, 1.165) is 0 Å². The van der Waals surface area contributed by atoms with Gasteiger partial charge in [-0.2, -0.15) is 0 Å². The highest BCUT2D eigenvalue weighted by molar-refractivity contribution is 8.00. The summed E-state index contributed by atoms with van der Waals surface area (Å²) in [4.78, 5) is 1.17. The lowest BCUT2D eigenvalue weighted by Crippen LogP contribution is -2.23. The van der Waals surface area contributed by atoms with Crippen LogP contribution in [0.4, 0.5) is 0 Å². The van der Waals surface area contributed by atoms with Crippen molar-refractivity contribution in [3.05, 3.63) is 29.3 Å². The predicted octanol–water partition coefficient (Wildman–Crippen LogP) is 2.53. The standard InChI is InChI=1S/C11H16N2OS/c1-7-4-5-10(8(2)6-7)15-9(3)11(12)13-14/h4-6,9,14H,1-3H3,(H2,12,13). The van der Waals surface area contributed by atoms with Crippen molar-refractivity contribution in [3.63, 3.8) is 0 Å². The number of nitrogens with zero attached hydrogens (tertiary/aromatic N) is 1. The smallest absolute Gasteiger partial charge is 0.152 e. The molecule has 0 bridgehead atoms. The lowest BCUT2D eigenvalue weighted by atomic mass is 10.2. The van der Waals surface area contributed by atoms with Gasteiger partial charge in [-0.15, -0.1) is 11.8 Å². The SMILES string of the molecule is Cc1ccc(SC(C)C(N)=NO)c(C)c1. The Bertz CT molecular complexity index is 377. The maximum absolute atomic E-state index is 8.55. The molecule has 1 atom stereocenters. The zero-order valence-corrected chi connectivity index (χ0v) is 10.0. The molecule has 82 valence electrons. The van der Waals surface area contributed by atoms with Crippen molar-refractivity contribution < 1.29 is 5.21 Å². The Morgan fingerprint density at radius 3 is 2.67 bits per heavy atom. The molecule has 0 fully saturated rings. The van der Waals surface area contributed by atoms with Crippen molar-refractivity contribution >= 4 is 17.6 Å². The number of amidine groups is 1. The molecule has 0 aromatic heterocycles. The minimum Gasteiger partial charge on any atom is -0.409 e. The first-order valence-corrected chi connectivity index (χ1v) is 5.64. The molecule has 0 aliphatic carbocycles. The zero-order chi connectivity index (χ0) is 11.4. The average molecular weight is 224 g/mol. The van der Waals surface area contributed by atoms with Gasteiger partial charge in [0.25, 0.3) is 0 Å². The summed E-state index contributed by atoms with van der Waals surface area (Å²) < 4.78 is 0. The lowest BCUT2D eigenvalue weighted by Gasteiger charge is -2.11. The van der Waals surface area contributed by atoms with Crippen LogP contribution in [-0.2, 0) is 0 Å². The van der Waals surface area contributed by atoms with Gasteiger partial charge in [0, 0.05) is 4.90 Å². The Morgan fingerprint density at radius 2 is 2.13 bits per heavy atom. The number of thioether (sulfide) groups is 1. The van der Waals surface area contributed by atoms with E-state index >= 15 is 0 Å². The highest BCUT2D eigenvalue weighted by Crippen LogP contribution is 2.27. The average Bonchev–Trinajstić information content (AvgIpc) is 2.20. The molecule has 0 radical (unpaired) electrons. The first kappa shape index (κ1) is 11.9. The molecule has 1 aromatic rings. The van der Waals surface area contributed by atoms with Crippen LogP contribution in [0.2, 0.25) is 0 Å². The molecule has 1 unspecified atom stereocenters. The van der Waals surface area contributed by atoms with E-state index < -0.39 is 0 Å². The van der Waals surface area contributed by atoms with Gasteiger partial charge in [-0.05, 0) is 32.4 Å². The second-order valence-corrected chi connectivity index (χ2v) is 4.94. The van der Waals surface area contributed by atoms with Crippen LogP contribution in [0.5, 0.6) is 0 Å². The van der Waals surface area contributed by atoms with Gasteiger partial charge in [-0.25, -0.2) is 0 Å². The Morgan fingerprint density at radius 1 is 1.47 bits per heavy atom. The number of aryl methyl sites for hydroxylation is 2. The van der Waals surface area contributed by atoms with Crippen molar-refractivity contribution in [1.29, 1.82) is 0 Å². The van der Waals surface area contributed by atoms with E-state index in [0.29, 0.717) is 0 Å². The van der Waals surface area contributed by atoms with Crippen molar-refractivity contribution in [2.24, 2.45) is 10.9 Å². The van der Waals surface area contributed by atoms with Gasteiger partial charge in [0.2, 0.25) is 0 Å². The molecular formula is C11H16N2OS. The van der Waals surface area contributed by atoms with Crippen molar-refractivity contribution in [2.45, 2.75) is 30.9 Å². The van der Waals surface area contributed by atoms with Crippen molar-refractivity contribution in [2.75, 3.05) is 0 Å². The van der Waals surface area contributed by atoms with Crippen molar-refractivity contribution in [3.8, 4) is 0 Å². The van der Waals surface area contributed by atoms with Crippen LogP contribution in [0.15, 0.2) is 28.3 Å². The number of benzene rings is 1. The predicted molar refractivity (Wildman–Crippen MR) is 64.6 cm³/mol. The summed E-state index contributed by atoms with van der Waals surface area (Å²) in [7, 11) is 0. The summed E-state index contributed by atoms with van der Waals surface area (Å²) in [5, 5.41) is 11.5. The third kappa shape index (κ3) is 3.16. The van der Waals surface area contributed by atoms with Gasteiger partial charge >= 0.3 is 0 Å². The van der Waals surface area contributed by atoms with Crippen LogP contribution in [0.3, 0.4) is 0 Å². The van der Waals surface area contributed by atoms with Gasteiger partial charge in [-0.3, -0.25) is 0 Å². The lowest BCUT2D eigenvalue weighted by molar-refractivity contribution is 0.317. The van der Waals surface area contributed by atoms with E-state index in [1.54, 1.807) is 11.8 Å². The van der Waals surface area contributed by atoms with Crippen LogP contribution in [0.25, 0.3) is 0 Å². The molecule has 3 nitrogen and oxygen atoms in total.